The fraction of sp³-hybridized carbons (Fsp3) is 0.250. The number of phenolic OH excluding ortho intramolecular Hbond substituents is 1. The molecule has 5 heteroatoms. The van der Waals surface area contributed by atoms with E-state index >= 15 is 0 Å². The number of thiazole rings is 1. The Kier molecular flexibility index (Phi) is 4.36. The van der Waals surface area contributed by atoms with Crippen LogP contribution in [0.15, 0.2) is 29.8 Å². The number of hydrogen-bond donors (Lipinski definition) is 2. The molecule has 0 aliphatic rings. The lowest BCUT2D eigenvalue weighted by molar-refractivity contribution is 0.465. The maximum Gasteiger partial charge on any atom is 0.138 e. The smallest absolute Gasteiger partial charge is 0.138 e. The number of aromatic nitrogens is 1. The van der Waals surface area contributed by atoms with E-state index in [4.69, 9.17) is 11.6 Å². The quantitative estimate of drug-likeness (QED) is 0.820. The van der Waals surface area contributed by atoms with Gasteiger partial charge in [-0.25, -0.2) is 4.98 Å². The molecule has 0 unspecified atom stereocenters. The van der Waals surface area contributed by atoms with Gasteiger partial charge < -0.3 is 10.4 Å². The summed E-state index contributed by atoms with van der Waals surface area (Å²) in [4.78, 5) is 4.20. The second kappa shape index (κ2) is 6.00. The molecular weight excluding hydrogens is 256 g/mol. The molecule has 0 amide bonds. The topological polar surface area (TPSA) is 45.1 Å². The number of para-hydroxylation sites is 1. The first-order chi connectivity index (χ1) is 8.27. The van der Waals surface area contributed by atoms with E-state index in [2.05, 4.69) is 10.3 Å². The molecule has 0 spiro atoms. The van der Waals surface area contributed by atoms with Crippen molar-refractivity contribution in [2.24, 2.45) is 0 Å². The number of benzene rings is 1. The van der Waals surface area contributed by atoms with Crippen molar-refractivity contribution < 1.29 is 5.11 Å². The molecule has 3 nitrogen and oxygen atoms in total. The summed E-state index contributed by atoms with van der Waals surface area (Å²) < 4.78 is 0. The minimum atomic E-state index is 0.163. The largest absolute Gasteiger partial charge is 0.506 e. The number of aromatic hydroxyl groups is 1. The summed E-state index contributed by atoms with van der Waals surface area (Å²) in [5, 5.41) is 16.4. The number of phenols is 1. The van der Waals surface area contributed by atoms with E-state index < -0.39 is 0 Å². The average molecular weight is 269 g/mol. The molecule has 0 saturated heterocycles. The molecule has 1 heterocycles. The van der Waals surface area contributed by atoms with Gasteiger partial charge in [0.05, 0.1) is 10.0 Å². The molecule has 0 atom stereocenters. The van der Waals surface area contributed by atoms with E-state index in [9.17, 15) is 5.11 Å². The molecular formula is C12H13ClN2OS. The molecule has 0 fully saturated rings. The Labute approximate surface area is 109 Å². The lowest BCUT2D eigenvalue weighted by Crippen LogP contribution is -2.16. The fourth-order valence-corrected chi connectivity index (χ4v) is 2.31. The van der Waals surface area contributed by atoms with E-state index in [1.807, 2.05) is 23.7 Å². The average Bonchev–Trinajstić information content (AvgIpc) is 2.83. The third kappa shape index (κ3) is 3.43. The summed E-state index contributed by atoms with van der Waals surface area (Å²) in [5.41, 5.74) is 0.816. The van der Waals surface area contributed by atoms with Gasteiger partial charge in [-0.1, -0.05) is 23.7 Å². The molecule has 0 bridgehead atoms. The molecule has 0 aliphatic heterocycles. The fourth-order valence-electron chi connectivity index (χ4n) is 1.50. The van der Waals surface area contributed by atoms with E-state index in [0.717, 1.165) is 23.5 Å². The molecule has 2 rings (SSSR count). The molecule has 0 saturated carbocycles. The van der Waals surface area contributed by atoms with Gasteiger partial charge in [-0.3, -0.25) is 0 Å². The minimum absolute atomic E-state index is 0.163. The zero-order valence-electron chi connectivity index (χ0n) is 9.19. The van der Waals surface area contributed by atoms with Gasteiger partial charge in [-0.05, 0) is 6.07 Å². The normalized spacial score (nSPS) is 10.6. The summed E-state index contributed by atoms with van der Waals surface area (Å²) in [5.74, 6) is 0.163. The highest BCUT2D eigenvalue weighted by Gasteiger charge is 2.04. The van der Waals surface area contributed by atoms with Crippen LogP contribution in [0.5, 0.6) is 5.75 Å². The van der Waals surface area contributed by atoms with Crippen LogP contribution in [0.3, 0.4) is 0 Å². The number of rotatable bonds is 5. The molecule has 1 aromatic heterocycles. The monoisotopic (exact) mass is 268 g/mol. The van der Waals surface area contributed by atoms with Crippen molar-refractivity contribution in [1.82, 2.24) is 10.3 Å². The zero-order chi connectivity index (χ0) is 12.1. The molecule has 1 aromatic carbocycles. The van der Waals surface area contributed by atoms with Crippen molar-refractivity contribution in [2.75, 3.05) is 6.54 Å². The van der Waals surface area contributed by atoms with Crippen LogP contribution >= 0.6 is 22.9 Å². The Bertz CT molecular complexity index is 473. The number of nitrogens with zero attached hydrogens (tertiary/aromatic N) is 1. The Balaban J connectivity index is 1.80. The third-order valence-corrected chi connectivity index (χ3v) is 3.53. The van der Waals surface area contributed by atoms with Crippen LogP contribution in [0.25, 0.3) is 0 Å². The van der Waals surface area contributed by atoms with Crippen LogP contribution < -0.4 is 5.32 Å². The first-order valence-corrected chi connectivity index (χ1v) is 6.58. The highest BCUT2D eigenvalue weighted by atomic mass is 35.5. The lowest BCUT2D eigenvalue weighted by atomic mass is 10.2. The minimum Gasteiger partial charge on any atom is -0.506 e. The van der Waals surface area contributed by atoms with Gasteiger partial charge in [0.15, 0.2) is 0 Å². The molecule has 0 radical (unpaired) electrons. The number of nitrogens with one attached hydrogen (secondary N) is 1. The Morgan fingerprint density at radius 3 is 3.06 bits per heavy atom. The highest BCUT2D eigenvalue weighted by molar-refractivity contribution is 7.09. The SMILES string of the molecule is Oc1c(Cl)cccc1CNCCc1nccs1. The molecule has 2 N–H and O–H groups in total. The predicted molar refractivity (Wildman–Crippen MR) is 70.6 cm³/mol. The molecule has 0 aliphatic carbocycles. The van der Waals surface area contributed by atoms with Crippen LogP contribution in [0, 0.1) is 0 Å². The van der Waals surface area contributed by atoms with Crippen molar-refractivity contribution in [2.45, 2.75) is 13.0 Å². The van der Waals surface area contributed by atoms with Crippen LogP contribution in [0.2, 0.25) is 5.02 Å². The summed E-state index contributed by atoms with van der Waals surface area (Å²) in [6.45, 7) is 1.44. The van der Waals surface area contributed by atoms with Crippen LogP contribution in [0.4, 0.5) is 0 Å². The summed E-state index contributed by atoms with van der Waals surface area (Å²) >= 11 is 7.47. The van der Waals surface area contributed by atoms with Gasteiger partial charge >= 0.3 is 0 Å². The highest BCUT2D eigenvalue weighted by Crippen LogP contribution is 2.26. The number of hydrogen-bond acceptors (Lipinski definition) is 4. The summed E-state index contributed by atoms with van der Waals surface area (Å²) in [6, 6.07) is 5.37. The van der Waals surface area contributed by atoms with E-state index in [-0.39, 0.29) is 5.75 Å². The van der Waals surface area contributed by atoms with Gasteiger partial charge in [0.2, 0.25) is 0 Å². The predicted octanol–water partition coefficient (Wildman–Crippen LogP) is 2.83. The van der Waals surface area contributed by atoms with Gasteiger partial charge in [0.1, 0.15) is 5.75 Å². The first-order valence-electron chi connectivity index (χ1n) is 5.33. The lowest BCUT2D eigenvalue weighted by Gasteiger charge is -2.07. The van der Waals surface area contributed by atoms with Gasteiger partial charge in [0, 0.05) is 36.7 Å². The van der Waals surface area contributed by atoms with E-state index in [1.165, 1.54) is 0 Å². The zero-order valence-corrected chi connectivity index (χ0v) is 10.8. The van der Waals surface area contributed by atoms with Crippen LogP contribution in [-0.2, 0) is 13.0 Å². The Hall–Kier alpha value is -1.10. The number of halogens is 1. The van der Waals surface area contributed by atoms with Crippen molar-refractivity contribution in [3.8, 4) is 5.75 Å². The summed E-state index contributed by atoms with van der Waals surface area (Å²) in [7, 11) is 0. The standard InChI is InChI=1S/C12H13ClN2OS/c13-10-3-1-2-9(12(10)16)8-14-5-4-11-15-6-7-17-11/h1-3,6-7,14,16H,4-5,8H2. The van der Waals surface area contributed by atoms with Crippen molar-refractivity contribution in [3.05, 3.63) is 45.4 Å². The molecule has 17 heavy (non-hydrogen) atoms. The second-order valence-corrected chi connectivity index (χ2v) is 4.99. The van der Waals surface area contributed by atoms with E-state index in [1.54, 1.807) is 17.4 Å². The summed E-state index contributed by atoms with van der Waals surface area (Å²) in [6.07, 6.45) is 2.71. The van der Waals surface area contributed by atoms with E-state index in [0.29, 0.717) is 11.6 Å². The van der Waals surface area contributed by atoms with Crippen molar-refractivity contribution in [3.63, 3.8) is 0 Å². The Morgan fingerprint density at radius 2 is 2.29 bits per heavy atom. The molecule has 90 valence electrons. The van der Waals surface area contributed by atoms with Gasteiger partial charge in [-0.15, -0.1) is 11.3 Å². The van der Waals surface area contributed by atoms with Crippen LogP contribution in [0.1, 0.15) is 10.6 Å². The maximum absolute atomic E-state index is 9.70. The Morgan fingerprint density at radius 1 is 1.41 bits per heavy atom. The second-order valence-electron chi connectivity index (χ2n) is 3.60. The first kappa shape index (κ1) is 12.4. The van der Waals surface area contributed by atoms with Crippen molar-refractivity contribution in [1.29, 1.82) is 0 Å². The van der Waals surface area contributed by atoms with Crippen LogP contribution in [-0.4, -0.2) is 16.6 Å². The third-order valence-electron chi connectivity index (χ3n) is 2.38. The van der Waals surface area contributed by atoms with Gasteiger partial charge in [0.25, 0.3) is 0 Å². The van der Waals surface area contributed by atoms with Crippen molar-refractivity contribution >= 4 is 22.9 Å². The maximum atomic E-state index is 9.70. The van der Waals surface area contributed by atoms with Gasteiger partial charge in [-0.2, -0.15) is 0 Å². The molecule has 2 aromatic rings.